The first-order valence-electron chi connectivity index (χ1n) is 7.33. The zero-order valence-corrected chi connectivity index (χ0v) is 12.3. The van der Waals surface area contributed by atoms with E-state index in [0.717, 1.165) is 19.4 Å². The third kappa shape index (κ3) is 4.15. The molecule has 1 aliphatic rings. The van der Waals surface area contributed by atoms with Crippen molar-refractivity contribution in [2.75, 3.05) is 20.2 Å². The normalized spacial score (nSPS) is 19.4. The highest BCUT2D eigenvalue weighted by Crippen LogP contribution is 2.28. The third-order valence-electron chi connectivity index (χ3n) is 4.03. The average Bonchev–Trinajstić information content (AvgIpc) is 2.49. The van der Waals surface area contributed by atoms with Crippen LogP contribution in [0.3, 0.4) is 0 Å². The number of nitro groups is 1. The first-order chi connectivity index (χ1) is 10.1. The second-order valence-electron chi connectivity index (χ2n) is 5.48. The Morgan fingerprint density at radius 2 is 2.29 bits per heavy atom. The largest absolute Gasteiger partial charge is 0.487 e. The average molecular weight is 294 g/mol. The molecule has 0 saturated carbocycles. The maximum absolute atomic E-state index is 11.0. The molecule has 0 bridgehead atoms. The van der Waals surface area contributed by atoms with Crippen LogP contribution in [-0.4, -0.2) is 41.2 Å². The number of hydrogen-bond acceptors (Lipinski definition) is 5. The summed E-state index contributed by atoms with van der Waals surface area (Å²) in [6.45, 7) is 1.36. The topological polar surface area (TPSA) is 75.8 Å². The Morgan fingerprint density at radius 1 is 1.48 bits per heavy atom. The van der Waals surface area contributed by atoms with Crippen LogP contribution in [0, 0.1) is 10.1 Å². The van der Waals surface area contributed by atoms with E-state index in [-0.39, 0.29) is 18.0 Å². The molecule has 6 heteroatoms. The van der Waals surface area contributed by atoms with Crippen LogP contribution < -0.4 is 4.74 Å². The Bertz CT molecular complexity index is 493. The molecular formula is C15H22N2O4. The van der Waals surface area contributed by atoms with Crippen LogP contribution in [0.5, 0.6) is 5.75 Å². The molecule has 1 atom stereocenters. The van der Waals surface area contributed by atoms with Gasteiger partial charge in [0.1, 0.15) is 0 Å². The predicted octanol–water partition coefficient (Wildman–Crippen LogP) is 2.34. The van der Waals surface area contributed by atoms with Crippen LogP contribution >= 0.6 is 0 Å². The fourth-order valence-electron chi connectivity index (χ4n) is 2.74. The van der Waals surface area contributed by atoms with Crippen molar-refractivity contribution in [2.24, 2.45) is 0 Å². The van der Waals surface area contributed by atoms with Gasteiger partial charge in [-0.05, 0) is 44.5 Å². The molecular weight excluding hydrogens is 272 g/mol. The standard InChI is InChI=1S/C15H22N2O4/c1-16-8-3-2-4-13(16)7-9-21-15-6-5-12(11-18)10-14(15)17(19)20/h5-6,10,13,18H,2-4,7-9,11H2,1H3. The van der Waals surface area contributed by atoms with Crippen LogP contribution in [0.15, 0.2) is 18.2 Å². The number of likely N-dealkylation sites (tertiary alicyclic amines) is 1. The molecule has 1 aromatic rings. The lowest BCUT2D eigenvalue weighted by Gasteiger charge is -2.32. The fourth-order valence-corrected chi connectivity index (χ4v) is 2.74. The number of nitrogens with zero attached hydrogens (tertiary/aromatic N) is 2. The summed E-state index contributed by atoms with van der Waals surface area (Å²) in [7, 11) is 2.11. The minimum absolute atomic E-state index is 0.0847. The molecule has 2 rings (SSSR count). The van der Waals surface area contributed by atoms with Gasteiger partial charge in [-0.25, -0.2) is 0 Å². The molecule has 0 aromatic heterocycles. The minimum atomic E-state index is -0.471. The Hall–Kier alpha value is -1.66. The van der Waals surface area contributed by atoms with Crippen molar-refractivity contribution in [2.45, 2.75) is 38.3 Å². The molecule has 0 radical (unpaired) electrons. The fraction of sp³-hybridized carbons (Fsp3) is 0.600. The molecule has 1 saturated heterocycles. The van der Waals surface area contributed by atoms with Crippen LogP contribution in [0.25, 0.3) is 0 Å². The van der Waals surface area contributed by atoms with Gasteiger partial charge in [0.05, 0.1) is 18.1 Å². The van der Waals surface area contributed by atoms with E-state index in [9.17, 15) is 10.1 Å². The highest BCUT2D eigenvalue weighted by atomic mass is 16.6. The number of aliphatic hydroxyl groups is 1. The molecule has 116 valence electrons. The van der Waals surface area contributed by atoms with Gasteiger partial charge >= 0.3 is 5.69 Å². The number of piperidine rings is 1. The van der Waals surface area contributed by atoms with Crippen LogP contribution in [-0.2, 0) is 6.61 Å². The summed E-state index contributed by atoms with van der Waals surface area (Å²) >= 11 is 0. The van der Waals surface area contributed by atoms with Crippen LogP contribution in [0.4, 0.5) is 5.69 Å². The van der Waals surface area contributed by atoms with Gasteiger partial charge in [0.15, 0.2) is 5.75 Å². The van der Waals surface area contributed by atoms with Gasteiger partial charge in [-0.3, -0.25) is 10.1 Å². The Labute approximate surface area is 124 Å². The van der Waals surface area contributed by atoms with Crippen molar-refractivity contribution in [3.8, 4) is 5.75 Å². The third-order valence-corrected chi connectivity index (χ3v) is 4.03. The quantitative estimate of drug-likeness (QED) is 0.644. The summed E-state index contributed by atoms with van der Waals surface area (Å²) in [5, 5.41) is 20.1. The molecule has 0 aliphatic carbocycles. The second-order valence-corrected chi connectivity index (χ2v) is 5.48. The lowest BCUT2D eigenvalue weighted by atomic mass is 10.0. The van der Waals surface area contributed by atoms with Gasteiger partial charge in [-0.2, -0.15) is 0 Å². The minimum Gasteiger partial charge on any atom is -0.487 e. The molecule has 1 aliphatic heterocycles. The van der Waals surface area contributed by atoms with Crippen molar-refractivity contribution in [1.82, 2.24) is 4.90 Å². The maximum atomic E-state index is 11.0. The predicted molar refractivity (Wildman–Crippen MR) is 79.4 cm³/mol. The molecule has 0 spiro atoms. The van der Waals surface area contributed by atoms with Crippen molar-refractivity contribution in [1.29, 1.82) is 0 Å². The van der Waals surface area contributed by atoms with Gasteiger partial charge in [-0.15, -0.1) is 0 Å². The summed E-state index contributed by atoms with van der Waals surface area (Å²) in [5.41, 5.74) is 0.430. The van der Waals surface area contributed by atoms with E-state index in [1.165, 1.54) is 18.9 Å². The molecule has 1 fully saturated rings. The second kappa shape index (κ2) is 7.38. The lowest BCUT2D eigenvalue weighted by molar-refractivity contribution is -0.386. The van der Waals surface area contributed by atoms with Crippen LogP contribution in [0.1, 0.15) is 31.2 Å². The van der Waals surface area contributed by atoms with Gasteiger partial charge < -0.3 is 14.7 Å². The molecule has 1 aromatic carbocycles. The van der Waals surface area contributed by atoms with Gasteiger partial charge in [0, 0.05) is 12.1 Å². The molecule has 6 nitrogen and oxygen atoms in total. The first kappa shape index (κ1) is 15.7. The number of rotatable bonds is 6. The molecule has 1 heterocycles. The monoisotopic (exact) mass is 294 g/mol. The van der Waals surface area contributed by atoms with E-state index in [2.05, 4.69) is 11.9 Å². The SMILES string of the molecule is CN1CCCCC1CCOc1ccc(CO)cc1[N+](=O)[O-]. The Morgan fingerprint density at radius 3 is 2.95 bits per heavy atom. The summed E-state index contributed by atoms with van der Waals surface area (Å²) in [6.07, 6.45) is 4.50. The van der Waals surface area contributed by atoms with E-state index in [1.807, 2.05) is 0 Å². The van der Waals surface area contributed by atoms with E-state index >= 15 is 0 Å². The summed E-state index contributed by atoms with van der Waals surface area (Å²) in [5.74, 6) is 0.274. The summed E-state index contributed by atoms with van der Waals surface area (Å²) in [4.78, 5) is 12.9. The summed E-state index contributed by atoms with van der Waals surface area (Å²) < 4.78 is 5.60. The Balaban J connectivity index is 1.94. The van der Waals surface area contributed by atoms with Crippen molar-refractivity contribution in [3.63, 3.8) is 0 Å². The molecule has 21 heavy (non-hydrogen) atoms. The number of aliphatic hydroxyl groups excluding tert-OH is 1. The van der Waals surface area contributed by atoms with Gasteiger partial charge in [0.25, 0.3) is 0 Å². The molecule has 1 N–H and O–H groups in total. The van der Waals surface area contributed by atoms with E-state index in [1.54, 1.807) is 12.1 Å². The number of hydrogen-bond donors (Lipinski definition) is 1. The van der Waals surface area contributed by atoms with E-state index in [0.29, 0.717) is 18.2 Å². The lowest BCUT2D eigenvalue weighted by Crippen LogP contribution is -2.37. The van der Waals surface area contributed by atoms with E-state index in [4.69, 9.17) is 9.84 Å². The highest BCUT2D eigenvalue weighted by Gasteiger charge is 2.20. The smallest absolute Gasteiger partial charge is 0.311 e. The van der Waals surface area contributed by atoms with Crippen molar-refractivity contribution < 1.29 is 14.8 Å². The molecule has 0 amide bonds. The number of ether oxygens (including phenoxy) is 1. The van der Waals surface area contributed by atoms with Crippen LogP contribution in [0.2, 0.25) is 0 Å². The van der Waals surface area contributed by atoms with Gasteiger partial charge in [-0.1, -0.05) is 12.5 Å². The van der Waals surface area contributed by atoms with E-state index < -0.39 is 4.92 Å². The van der Waals surface area contributed by atoms with Crippen molar-refractivity contribution >= 4 is 5.69 Å². The van der Waals surface area contributed by atoms with Gasteiger partial charge in [0.2, 0.25) is 0 Å². The highest BCUT2D eigenvalue weighted by molar-refractivity contribution is 5.48. The number of benzene rings is 1. The molecule has 1 unspecified atom stereocenters. The zero-order valence-electron chi connectivity index (χ0n) is 12.3. The zero-order chi connectivity index (χ0) is 15.2. The van der Waals surface area contributed by atoms with Crippen molar-refractivity contribution in [3.05, 3.63) is 33.9 Å². The number of nitro benzene ring substituents is 1. The summed E-state index contributed by atoms with van der Waals surface area (Å²) in [6, 6.07) is 5.07. The Kier molecular flexibility index (Phi) is 5.52. The first-order valence-corrected chi connectivity index (χ1v) is 7.33. The maximum Gasteiger partial charge on any atom is 0.311 e.